The van der Waals surface area contributed by atoms with E-state index in [1.807, 2.05) is 18.5 Å². The van der Waals surface area contributed by atoms with Crippen LogP contribution in [-0.2, 0) is 11.2 Å². The third kappa shape index (κ3) is 4.66. The highest BCUT2D eigenvalue weighted by molar-refractivity contribution is 5.83. The Kier molecular flexibility index (Phi) is 5.77. The molecule has 0 aliphatic heterocycles. The first-order chi connectivity index (χ1) is 12.3. The number of rotatable bonds is 8. The Hall–Kier alpha value is -2.69. The van der Waals surface area contributed by atoms with Crippen molar-refractivity contribution in [2.24, 2.45) is 0 Å². The molecule has 0 unspecified atom stereocenters. The van der Waals surface area contributed by atoms with Crippen LogP contribution in [0.5, 0.6) is 0 Å². The van der Waals surface area contributed by atoms with E-state index in [0.29, 0.717) is 6.42 Å². The first-order valence-electron chi connectivity index (χ1n) is 8.86. The number of hydrogen-bond donors (Lipinski definition) is 2. The van der Waals surface area contributed by atoms with Gasteiger partial charge in [-0.1, -0.05) is 31.0 Å². The third-order valence-electron chi connectivity index (χ3n) is 4.39. The number of nitrogens with one attached hydrogen (secondary N) is 2. The number of H-pyrrole nitrogens is 1. The second kappa shape index (κ2) is 8.42. The number of carbonyl (C=O) groups is 1. The van der Waals surface area contributed by atoms with Crippen LogP contribution < -0.4 is 5.32 Å². The number of aromatic nitrogens is 3. The van der Waals surface area contributed by atoms with Crippen LogP contribution in [0.1, 0.15) is 37.9 Å². The standard InChI is InChI=1S/C20H24N4O/c1-21-20(25)9-5-3-2-4-8-19-23-14-18(24-19)16-11-10-15-7-6-12-22-17(15)13-16/h6-7,10-14H,2-5,8-9H2,1H3,(H,21,25)(H,23,24). The molecule has 3 aromatic rings. The molecule has 0 saturated heterocycles. The fourth-order valence-corrected chi connectivity index (χ4v) is 2.93. The predicted molar refractivity (Wildman–Crippen MR) is 100 cm³/mol. The summed E-state index contributed by atoms with van der Waals surface area (Å²) >= 11 is 0. The topological polar surface area (TPSA) is 70.7 Å². The molecule has 0 fully saturated rings. The number of aryl methyl sites for hydroxylation is 1. The Labute approximate surface area is 147 Å². The van der Waals surface area contributed by atoms with Crippen molar-refractivity contribution in [2.45, 2.75) is 38.5 Å². The van der Waals surface area contributed by atoms with E-state index < -0.39 is 0 Å². The summed E-state index contributed by atoms with van der Waals surface area (Å²) in [4.78, 5) is 23.5. The zero-order valence-corrected chi connectivity index (χ0v) is 14.6. The van der Waals surface area contributed by atoms with E-state index in [1.165, 1.54) is 0 Å². The monoisotopic (exact) mass is 336 g/mol. The van der Waals surface area contributed by atoms with Crippen molar-refractivity contribution in [3.8, 4) is 11.3 Å². The summed E-state index contributed by atoms with van der Waals surface area (Å²) in [6.45, 7) is 0. The molecule has 5 heteroatoms. The molecule has 5 nitrogen and oxygen atoms in total. The van der Waals surface area contributed by atoms with Gasteiger partial charge in [0.05, 0.1) is 17.4 Å². The maximum Gasteiger partial charge on any atom is 0.219 e. The maximum atomic E-state index is 11.2. The predicted octanol–water partition coefficient (Wildman–Crippen LogP) is 3.86. The average molecular weight is 336 g/mol. The van der Waals surface area contributed by atoms with Gasteiger partial charge in [0.25, 0.3) is 0 Å². The van der Waals surface area contributed by atoms with Crippen molar-refractivity contribution in [2.75, 3.05) is 7.05 Å². The summed E-state index contributed by atoms with van der Waals surface area (Å²) in [6.07, 6.45) is 9.50. The first kappa shape index (κ1) is 17.1. The molecule has 3 rings (SSSR count). The molecule has 0 radical (unpaired) electrons. The number of benzene rings is 1. The number of pyridine rings is 1. The lowest BCUT2D eigenvalue weighted by Gasteiger charge is -2.02. The van der Waals surface area contributed by atoms with Gasteiger partial charge in [0.15, 0.2) is 0 Å². The zero-order valence-electron chi connectivity index (χ0n) is 14.6. The van der Waals surface area contributed by atoms with Crippen molar-refractivity contribution in [3.05, 3.63) is 48.5 Å². The Morgan fingerprint density at radius 2 is 2.00 bits per heavy atom. The number of aromatic amines is 1. The lowest BCUT2D eigenvalue weighted by molar-refractivity contribution is -0.120. The Bertz CT molecular complexity index is 840. The minimum atomic E-state index is 0.126. The molecule has 0 saturated carbocycles. The first-order valence-corrected chi connectivity index (χ1v) is 8.86. The van der Waals surface area contributed by atoms with Gasteiger partial charge in [-0.3, -0.25) is 9.78 Å². The maximum absolute atomic E-state index is 11.2. The van der Waals surface area contributed by atoms with Crippen molar-refractivity contribution in [1.29, 1.82) is 0 Å². The molecule has 0 bridgehead atoms. The fraction of sp³-hybridized carbons (Fsp3) is 0.350. The molecule has 1 amide bonds. The smallest absolute Gasteiger partial charge is 0.219 e. The SMILES string of the molecule is CNC(=O)CCCCCCc1ncc(-c2ccc3cccnc3c2)[nH]1. The lowest BCUT2D eigenvalue weighted by Crippen LogP contribution is -2.16. The van der Waals surface area contributed by atoms with Crippen LogP contribution in [0.3, 0.4) is 0 Å². The molecule has 0 aliphatic carbocycles. The van der Waals surface area contributed by atoms with Crippen LogP contribution in [0.15, 0.2) is 42.7 Å². The second-order valence-corrected chi connectivity index (χ2v) is 6.24. The number of carbonyl (C=O) groups excluding carboxylic acids is 1. The largest absolute Gasteiger partial charge is 0.359 e. The minimum absolute atomic E-state index is 0.126. The van der Waals surface area contributed by atoms with Crippen LogP contribution in [0, 0.1) is 0 Å². The molecule has 25 heavy (non-hydrogen) atoms. The normalized spacial score (nSPS) is 10.9. The minimum Gasteiger partial charge on any atom is -0.359 e. The fourth-order valence-electron chi connectivity index (χ4n) is 2.93. The Morgan fingerprint density at radius 1 is 1.12 bits per heavy atom. The summed E-state index contributed by atoms with van der Waals surface area (Å²) in [5.74, 6) is 1.14. The highest BCUT2D eigenvalue weighted by Gasteiger charge is 2.05. The van der Waals surface area contributed by atoms with Gasteiger partial charge in [0.2, 0.25) is 5.91 Å². The van der Waals surface area contributed by atoms with E-state index in [2.05, 4.69) is 44.5 Å². The second-order valence-electron chi connectivity index (χ2n) is 6.24. The molecular formula is C20H24N4O. The van der Waals surface area contributed by atoms with Crippen molar-refractivity contribution >= 4 is 16.8 Å². The molecule has 2 heterocycles. The number of nitrogens with zero attached hydrogens (tertiary/aromatic N) is 2. The Morgan fingerprint density at radius 3 is 2.88 bits per heavy atom. The third-order valence-corrected chi connectivity index (χ3v) is 4.39. The number of hydrogen-bond acceptors (Lipinski definition) is 3. The lowest BCUT2D eigenvalue weighted by atomic mass is 10.1. The molecule has 0 aliphatic rings. The van der Waals surface area contributed by atoms with Gasteiger partial charge in [-0.25, -0.2) is 4.98 Å². The summed E-state index contributed by atoms with van der Waals surface area (Å²) in [5, 5.41) is 3.79. The zero-order chi connectivity index (χ0) is 17.5. The van der Waals surface area contributed by atoms with Gasteiger partial charge in [-0.15, -0.1) is 0 Å². The van der Waals surface area contributed by atoms with Gasteiger partial charge in [0, 0.05) is 37.0 Å². The van der Waals surface area contributed by atoms with Gasteiger partial charge in [-0.2, -0.15) is 0 Å². The number of imidazole rings is 1. The summed E-state index contributed by atoms with van der Waals surface area (Å²) in [6, 6.07) is 10.3. The highest BCUT2D eigenvalue weighted by Crippen LogP contribution is 2.22. The quantitative estimate of drug-likeness (QED) is 0.614. The highest BCUT2D eigenvalue weighted by atomic mass is 16.1. The van der Waals surface area contributed by atoms with Crippen LogP contribution >= 0.6 is 0 Å². The molecule has 0 atom stereocenters. The molecule has 0 spiro atoms. The van der Waals surface area contributed by atoms with Crippen LogP contribution in [-0.4, -0.2) is 27.9 Å². The number of fused-ring (bicyclic) bond motifs is 1. The molecule has 130 valence electrons. The van der Waals surface area contributed by atoms with Gasteiger partial charge < -0.3 is 10.3 Å². The van der Waals surface area contributed by atoms with E-state index in [0.717, 1.165) is 60.1 Å². The van der Waals surface area contributed by atoms with Crippen LogP contribution in [0.2, 0.25) is 0 Å². The molecule has 2 N–H and O–H groups in total. The van der Waals surface area contributed by atoms with Crippen molar-refractivity contribution in [3.63, 3.8) is 0 Å². The van der Waals surface area contributed by atoms with Crippen LogP contribution in [0.4, 0.5) is 0 Å². The van der Waals surface area contributed by atoms with Gasteiger partial charge in [-0.05, 0) is 25.0 Å². The number of unbranched alkanes of at least 4 members (excludes halogenated alkanes) is 3. The molecule has 1 aromatic carbocycles. The van der Waals surface area contributed by atoms with E-state index >= 15 is 0 Å². The van der Waals surface area contributed by atoms with E-state index in [4.69, 9.17) is 0 Å². The van der Waals surface area contributed by atoms with E-state index in [-0.39, 0.29) is 5.91 Å². The summed E-state index contributed by atoms with van der Waals surface area (Å²) in [5.41, 5.74) is 3.13. The van der Waals surface area contributed by atoms with Crippen LogP contribution in [0.25, 0.3) is 22.2 Å². The van der Waals surface area contributed by atoms with E-state index in [1.54, 1.807) is 7.05 Å². The van der Waals surface area contributed by atoms with E-state index in [9.17, 15) is 4.79 Å². The molecular weight excluding hydrogens is 312 g/mol. The Balaban J connectivity index is 1.51. The van der Waals surface area contributed by atoms with Gasteiger partial charge in [0.1, 0.15) is 5.82 Å². The van der Waals surface area contributed by atoms with Crippen molar-refractivity contribution in [1.82, 2.24) is 20.3 Å². The van der Waals surface area contributed by atoms with Crippen molar-refractivity contribution < 1.29 is 4.79 Å². The summed E-state index contributed by atoms with van der Waals surface area (Å²) < 4.78 is 0. The molecule has 2 aromatic heterocycles. The average Bonchev–Trinajstić information content (AvgIpc) is 3.12. The number of amides is 1. The van der Waals surface area contributed by atoms with Gasteiger partial charge >= 0.3 is 0 Å². The summed E-state index contributed by atoms with van der Waals surface area (Å²) in [7, 11) is 1.68.